The second kappa shape index (κ2) is 7.62. The molecule has 100 valence electrons. The van der Waals surface area contributed by atoms with E-state index in [-0.39, 0.29) is 18.0 Å². The van der Waals surface area contributed by atoms with Gasteiger partial charge in [-0.3, -0.25) is 10.1 Å². The maximum absolute atomic E-state index is 10.8. The van der Waals surface area contributed by atoms with Gasteiger partial charge in [-0.05, 0) is 31.0 Å². The second-order valence-electron chi connectivity index (χ2n) is 3.87. The van der Waals surface area contributed by atoms with Gasteiger partial charge in [-0.2, -0.15) is 0 Å². The summed E-state index contributed by atoms with van der Waals surface area (Å²) in [5.74, 6) is 0.268. The van der Waals surface area contributed by atoms with Gasteiger partial charge in [-0.1, -0.05) is 6.07 Å². The number of unbranched alkanes of at least 4 members (excludes halogenated alkanes) is 1. The largest absolute Gasteiger partial charge is 0.490 e. The third-order valence-corrected chi connectivity index (χ3v) is 2.53. The first-order valence-corrected chi connectivity index (χ1v) is 5.82. The van der Waals surface area contributed by atoms with Crippen LogP contribution in [0, 0.1) is 10.1 Å². The van der Waals surface area contributed by atoms with Gasteiger partial charge in [-0.25, -0.2) is 0 Å². The third-order valence-electron chi connectivity index (χ3n) is 2.53. The molecule has 0 aromatic heterocycles. The predicted octanol–water partition coefficient (Wildman–Crippen LogP) is 1.47. The van der Waals surface area contributed by atoms with E-state index in [0.29, 0.717) is 6.54 Å². The Bertz CT molecular complexity index is 396. The molecule has 0 bridgehead atoms. The highest BCUT2D eigenvalue weighted by Crippen LogP contribution is 2.27. The fourth-order valence-corrected chi connectivity index (χ4v) is 1.58. The Morgan fingerprint density at radius 1 is 1.44 bits per heavy atom. The highest BCUT2D eigenvalue weighted by Gasteiger charge is 2.14. The summed E-state index contributed by atoms with van der Waals surface area (Å²) in [6.45, 7) is 1.53. The molecule has 0 spiro atoms. The van der Waals surface area contributed by atoms with Crippen LogP contribution in [0.2, 0.25) is 0 Å². The van der Waals surface area contributed by atoms with Crippen LogP contribution in [-0.2, 0) is 6.54 Å². The van der Waals surface area contributed by atoms with Crippen molar-refractivity contribution in [3.63, 3.8) is 0 Å². The number of nitro benzene ring substituents is 1. The van der Waals surface area contributed by atoms with Crippen LogP contribution in [0.4, 0.5) is 5.69 Å². The van der Waals surface area contributed by atoms with Crippen molar-refractivity contribution >= 4 is 5.69 Å². The molecule has 0 heterocycles. The number of benzene rings is 1. The van der Waals surface area contributed by atoms with Gasteiger partial charge < -0.3 is 15.2 Å². The zero-order valence-electron chi connectivity index (χ0n) is 10.4. The SMILES string of the molecule is COc1ccc(CNCCCCO)cc1[N+](=O)[O-]. The first-order valence-electron chi connectivity index (χ1n) is 5.82. The second-order valence-corrected chi connectivity index (χ2v) is 3.87. The Hall–Kier alpha value is -1.66. The van der Waals surface area contributed by atoms with Crippen molar-refractivity contribution in [3.8, 4) is 5.75 Å². The average Bonchev–Trinajstić information content (AvgIpc) is 2.38. The zero-order valence-corrected chi connectivity index (χ0v) is 10.4. The molecule has 0 saturated carbocycles. The molecule has 0 amide bonds. The highest BCUT2D eigenvalue weighted by atomic mass is 16.6. The lowest BCUT2D eigenvalue weighted by Gasteiger charge is -2.06. The maximum atomic E-state index is 10.8. The summed E-state index contributed by atoms with van der Waals surface area (Å²) in [6.07, 6.45) is 1.64. The molecule has 0 aliphatic heterocycles. The summed E-state index contributed by atoms with van der Waals surface area (Å²) >= 11 is 0. The zero-order chi connectivity index (χ0) is 13.4. The van der Waals surface area contributed by atoms with E-state index in [4.69, 9.17) is 9.84 Å². The van der Waals surface area contributed by atoms with Crippen LogP contribution in [0.5, 0.6) is 5.75 Å². The first kappa shape index (κ1) is 14.4. The molecule has 18 heavy (non-hydrogen) atoms. The molecule has 0 unspecified atom stereocenters. The van der Waals surface area contributed by atoms with Crippen LogP contribution in [0.3, 0.4) is 0 Å². The van der Waals surface area contributed by atoms with Gasteiger partial charge in [0.25, 0.3) is 0 Å². The highest BCUT2D eigenvalue weighted by molar-refractivity contribution is 5.48. The Balaban J connectivity index is 2.56. The number of aliphatic hydroxyl groups is 1. The van der Waals surface area contributed by atoms with Crippen LogP contribution in [0.25, 0.3) is 0 Å². The number of methoxy groups -OCH3 is 1. The average molecular weight is 254 g/mol. The monoisotopic (exact) mass is 254 g/mol. The fourth-order valence-electron chi connectivity index (χ4n) is 1.58. The van der Waals surface area contributed by atoms with E-state index >= 15 is 0 Å². The van der Waals surface area contributed by atoms with Crippen molar-refractivity contribution < 1.29 is 14.8 Å². The summed E-state index contributed by atoms with van der Waals surface area (Å²) in [6, 6.07) is 4.91. The van der Waals surface area contributed by atoms with Crippen molar-refractivity contribution in [1.82, 2.24) is 5.32 Å². The van der Waals surface area contributed by atoms with Crippen LogP contribution in [0.15, 0.2) is 18.2 Å². The standard InChI is InChI=1S/C12H18N2O4/c1-18-12-5-4-10(8-11(12)14(16)17)9-13-6-2-3-7-15/h4-5,8,13,15H,2-3,6-7,9H2,1H3. The molecule has 0 aliphatic rings. The quantitative estimate of drug-likeness (QED) is 0.417. The van der Waals surface area contributed by atoms with Crippen molar-refractivity contribution in [2.24, 2.45) is 0 Å². The van der Waals surface area contributed by atoms with Crippen LogP contribution in [0.1, 0.15) is 18.4 Å². The molecule has 6 nitrogen and oxygen atoms in total. The Kier molecular flexibility index (Phi) is 6.10. The third kappa shape index (κ3) is 4.31. The minimum atomic E-state index is -0.450. The summed E-state index contributed by atoms with van der Waals surface area (Å²) in [5.41, 5.74) is 0.818. The molecule has 1 aromatic carbocycles. The molecule has 0 atom stereocenters. The van der Waals surface area contributed by atoms with E-state index in [2.05, 4.69) is 5.32 Å². The van der Waals surface area contributed by atoms with E-state index in [0.717, 1.165) is 24.9 Å². The molecule has 1 rings (SSSR count). The number of nitrogens with one attached hydrogen (secondary N) is 1. The van der Waals surface area contributed by atoms with Crippen molar-refractivity contribution in [3.05, 3.63) is 33.9 Å². The predicted molar refractivity (Wildman–Crippen MR) is 67.7 cm³/mol. The molecule has 0 fully saturated rings. The molecular weight excluding hydrogens is 236 g/mol. The number of nitrogens with zero attached hydrogens (tertiary/aromatic N) is 1. The number of hydrogen-bond acceptors (Lipinski definition) is 5. The molecule has 2 N–H and O–H groups in total. The number of ether oxygens (including phenoxy) is 1. The lowest BCUT2D eigenvalue weighted by atomic mass is 10.2. The molecule has 0 saturated heterocycles. The summed E-state index contributed by atoms with van der Waals surface area (Å²) in [5, 5.41) is 22.6. The van der Waals surface area contributed by atoms with Crippen LogP contribution < -0.4 is 10.1 Å². The minimum Gasteiger partial charge on any atom is -0.490 e. The summed E-state index contributed by atoms with van der Waals surface area (Å²) < 4.78 is 4.93. The van der Waals surface area contributed by atoms with Crippen molar-refractivity contribution in [2.45, 2.75) is 19.4 Å². The normalized spacial score (nSPS) is 10.3. The van der Waals surface area contributed by atoms with Gasteiger partial charge in [0.05, 0.1) is 12.0 Å². The van der Waals surface area contributed by atoms with Gasteiger partial charge in [0.15, 0.2) is 5.75 Å². The van der Waals surface area contributed by atoms with E-state index in [1.807, 2.05) is 0 Å². The van der Waals surface area contributed by atoms with Crippen molar-refractivity contribution in [1.29, 1.82) is 0 Å². The van der Waals surface area contributed by atoms with E-state index < -0.39 is 4.92 Å². The Morgan fingerprint density at radius 3 is 2.83 bits per heavy atom. The van der Waals surface area contributed by atoms with E-state index in [1.165, 1.54) is 13.2 Å². The smallest absolute Gasteiger partial charge is 0.311 e. The number of nitro groups is 1. The molecule has 0 aliphatic carbocycles. The lowest BCUT2D eigenvalue weighted by molar-refractivity contribution is -0.385. The van der Waals surface area contributed by atoms with Gasteiger partial charge in [0.1, 0.15) is 0 Å². The Morgan fingerprint density at radius 2 is 2.22 bits per heavy atom. The van der Waals surface area contributed by atoms with E-state index in [9.17, 15) is 10.1 Å². The number of aliphatic hydroxyl groups excluding tert-OH is 1. The lowest BCUT2D eigenvalue weighted by Crippen LogP contribution is -2.15. The summed E-state index contributed by atoms with van der Waals surface area (Å²) in [7, 11) is 1.41. The maximum Gasteiger partial charge on any atom is 0.311 e. The Labute approximate surface area is 106 Å². The van der Waals surface area contributed by atoms with Gasteiger partial charge in [-0.15, -0.1) is 0 Å². The first-order chi connectivity index (χ1) is 8.69. The van der Waals surface area contributed by atoms with Gasteiger partial charge >= 0.3 is 5.69 Å². The number of hydrogen-bond donors (Lipinski definition) is 2. The summed E-state index contributed by atoms with van der Waals surface area (Å²) in [4.78, 5) is 10.4. The van der Waals surface area contributed by atoms with Crippen LogP contribution >= 0.6 is 0 Å². The fraction of sp³-hybridized carbons (Fsp3) is 0.500. The topological polar surface area (TPSA) is 84.6 Å². The van der Waals surface area contributed by atoms with Crippen molar-refractivity contribution in [2.75, 3.05) is 20.3 Å². The van der Waals surface area contributed by atoms with Gasteiger partial charge in [0.2, 0.25) is 0 Å². The molecule has 0 radical (unpaired) electrons. The molecular formula is C12H18N2O4. The molecule has 1 aromatic rings. The van der Waals surface area contributed by atoms with Crippen LogP contribution in [-0.4, -0.2) is 30.3 Å². The van der Waals surface area contributed by atoms with E-state index in [1.54, 1.807) is 12.1 Å². The number of rotatable bonds is 8. The molecule has 6 heteroatoms. The minimum absolute atomic E-state index is 0.0211. The van der Waals surface area contributed by atoms with Gasteiger partial charge in [0, 0.05) is 19.2 Å².